The molecule has 0 radical (unpaired) electrons. The molecule has 1 aliphatic heterocycles. The van der Waals surface area contributed by atoms with Gasteiger partial charge in [0.05, 0.1) is 0 Å². The summed E-state index contributed by atoms with van der Waals surface area (Å²) in [6.07, 6.45) is 5.58. The summed E-state index contributed by atoms with van der Waals surface area (Å²) in [4.78, 5) is 0. The van der Waals surface area contributed by atoms with E-state index in [1.54, 1.807) is 0 Å². The molecule has 0 spiro atoms. The SMILES string of the molecule is CCC(C)C1CCCNCC1. The van der Waals surface area contributed by atoms with Gasteiger partial charge in [-0.2, -0.15) is 0 Å². The van der Waals surface area contributed by atoms with Gasteiger partial charge in [0, 0.05) is 0 Å². The van der Waals surface area contributed by atoms with Gasteiger partial charge >= 0.3 is 0 Å². The molecule has 0 amide bonds. The molecule has 0 aromatic carbocycles. The van der Waals surface area contributed by atoms with Crippen LogP contribution >= 0.6 is 0 Å². The lowest BCUT2D eigenvalue weighted by Gasteiger charge is -2.20. The third-order valence-corrected chi connectivity index (χ3v) is 3.07. The van der Waals surface area contributed by atoms with Crippen LogP contribution in [0.25, 0.3) is 0 Å². The second-order valence-corrected chi connectivity index (χ2v) is 3.83. The summed E-state index contributed by atoms with van der Waals surface area (Å²) in [5.41, 5.74) is 0. The van der Waals surface area contributed by atoms with Crippen LogP contribution in [0.3, 0.4) is 0 Å². The molecule has 0 aliphatic carbocycles. The number of hydrogen-bond acceptors (Lipinski definition) is 1. The van der Waals surface area contributed by atoms with Gasteiger partial charge < -0.3 is 5.32 Å². The Morgan fingerprint density at radius 1 is 1.36 bits per heavy atom. The van der Waals surface area contributed by atoms with Crippen molar-refractivity contribution >= 4 is 0 Å². The lowest BCUT2D eigenvalue weighted by Crippen LogP contribution is -2.16. The molecule has 0 aromatic heterocycles. The first-order valence-electron chi connectivity index (χ1n) is 5.05. The zero-order chi connectivity index (χ0) is 8.10. The fourth-order valence-electron chi connectivity index (χ4n) is 1.95. The minimum absolute atomic E-state index is 0.940. The Morgan fingerprint density at radius 2 is 2.18 bits per heavy atom. The Balaban J connectivity index is 2.30. The van der Waals surface area contributed by atoms with E-state index in [1.165, 1.54) is 38.8 Å². The Bertz CT molecular complexity index is 93.0. The molecule has 1 rings (SSSR count). The number of hydrogen-bond donors (Lipinski definition) is 1. The highest BCUT2D eigenvalue weighted by Gasteiger charge is 2.16. The first-order chi connectivity index (χ1) is 5.34. The summed E-state index contributed by atoms with van der Waals surface area (Å²) in [7, 11) is 0. The summed E-state index contributed by atoms with van der Waals surface area (Å²) in [5, 5.41) is 3.46. The van der Waals surface area contributed by atoms with E-state index in [1.807, 2.05) is 0 Å². The normalized spacial score (nSPS) is 29.5. The summed E-state index contributed by atoms with van der Waals surface area (Å²) in [6, 6.07) is 0. The lowest BCUT2D eigenvalue weighted by molar-refractivity contribution is 0.318. The van der Waals surface area contributed by atoms with E-state index in [0.29, 0.717) is 0 Å². The second-order valence-electron chi connectivity index (χ2n) is 3.83. The van der Waals surface area contributed by atoms with E-state index in [2.05, 4.69) is 19.2 Å². The number of nitrogens with one attached hydrogen (secondary N) is 1. The minimum atomic E-state index is 0.940. The lowest BCUT2D eigenvalue weighted by atomic mass is 9.86. The summed E-state index contributed by atoms with van der Waals surface area (Å²) < 4.78 is 0. The van der Waals surface area contributed by atoms with Gasteiger partial charge in [0.15, 0.2) is 0 Å². The highest BCUT2D eigenvalue weighted by Crippen LogP contribution is 2.24. The highest BCUT2D eigenvalue weighted by molar-refractivity contribution is 4.70. The van der Waals surface area contributed by atoms with Crippen molar-refractivity contribution in [3.63, 3.8) is 0 Å². The van der Waals surface area contributed by atoms with Crippen molar-refractivity contribution in [2.45, 2.75) is 39.5 Å². The average molecular weight is 155 g/mol. The molecule has 1 N–H and O–H groups in total. The first kappa shape index (κ1) is 9.05. The van der Waals surface area contributed by atoms with Crippen molar-refractivity contribution in [1.82, 2.24) is 5.32 Å². The molecule has 1 fully saturated rings. The van der Waals surface area contributed by atoms with Gasteiger partial charge in [0.2, 0.25) is 0 Å². The Morgan fingerprint density at radius 3 is 2.91 bits per heavy atom. The largest absolute Gasteiger partial charge is 0.317 e. The van der Waals surface area contributed by atoms with Crippen LogP contribution in [0.15, 0.2) is 0 Å². The van der Waals surface area contributed by atoms with Crippen molar-refractivity contribution < 1.29 is 0 Å². The van der Waals surface area contributed by atoms with E-state index in [0.717, 1.165) is 11.8 Å². The maximum Gasteiger partial charge on any atom is -0.00462 e. The van der Waals surface area contributed by atoms with Crippen LogP contribution in [0.2, 0.25) is 0 Å². The average Bonchev–Trinajstić information content (AvgIpc) is 2.30. The second kappa shape index (κ2) is 4.76. The molecule has 1 nitrogen and oxygen atoms in total. The van der Waals surface area contributed by atoms with Gasteiger partial charge in [-0.1, -0.05) is 20.3 Å². The third kappa shape index (κ3) is 2.82. The van der Waals surface area contributed by atoms with Crippen LogP contribution in [0.5, 0.6) is 0 Å². The van der Waals surface area contributed by atoms with Crippen LogP contribution in [0, 0.1) is 11.8 Å². The van der Waals surface area contributed by atoms with E-state index in [9.17, 15) is 0 Å². The molecule has 1 heteroatoms. The van der Waals surface area contributed by atoms with E-state index in [-0.39, 0.29) is 0 Å². The van der Waals surface area contributed by atoms with Crippen molar-refractivity contribution in [3.05, 3.63) is 0 Å². The molecule has 1 aliphatic rings. The van der Waals surface area contributed by atoms with Crippen LogP contribution in [-0.2, 0) is 0 Å². The van der Waals surface area contributed by atoms with Crippen LogP contribution in [0.4, 0.5) is 0 Å². The van der Waals surface area contributed by atoms with Gasteiger partial charge in [-0.25, -0.2) is 0 Å². The van der Waals surface area contributed by atoms with Gasteiger partial charge in [0.25, 0.3) is 0 Å². The van der Waals surface area contributed by atoms with Gasteiger partial charge in [0.1, 0.15) is 0 Å². The van der Waals surface area contributed by atoms with E-state index < -0.39 is 0 Å². The van der Waals surface area contributed by atoms with Gasteiger partial charge in [-0.15, -0.1) is 0 Å². The molecule has 2 atom stereocenters. The fourth-order valence-corrected chi connectivity index (χ4v) is 1.95. The molecule has 1 heterocycles. The molecule has 2 unspecified atom stereocenters. The monoisotopic (exact) mass is 155 g/mol. The summed E-state index contributed by atoms with van der Waals surface area (Å²) >= 11 is 0. The molecular weight excluding hydrogens is 134 g/mol. The van der Waals surface area contributed by atoms with Gasteiger partial charge in [-0.05, 0) is 44.2 Å². The molecule has 0 bridgehead atoms. The maximum absolute atomic E-state index is 3.46. The van der Waals surface area contributed by atoms with Crippen molar-refractivity contribution in [2.24, 2.45) is 11.8 Å². The Labute approximate surface area is 70.6 Å². The first-order valence-corrected chi connectivity index (χ1v) is 5.05. The molecule has 0 aromatic rings. The van der Waals surface area contributed by atoms with Crippen molar-refractivity contribution in [1.29, 1.82) is 0 Å². The van der Waals surface area contributed by atoms with Crippen LogP contribution in [0.1, 0.15) is 39.5 Å². The predicted molar refractivity (Wildman–Crippen MR) is 49.7 cm³/mol. The number of rotatable bonds is 2. The molecule has 66 valence electrons. The molecule has 0 saturated carbocycles. The quantitative estimate of drug-likeness (QED) is 0.646. The Hall–Kier alpha value is -0.0400. The van der Waals surface area contributed by atoms with Crippen molar-refractivity contribution in [3.8, 4) is 0 Å². The zero-order valence-corrected chi connectivity index (χ0v) is 7.90. The zero-order valence-electron chi connectivity index (χ0n) is 7.90. The summed E-state index contributed by atoms with van der Waals surface area (Å²) in [6.45, 7) is 7.20. The third-order valence-electron chi connectivity index (χ3n) is 3.07. The van der Waals surface area contributed by atoms with Crippen LogP contribution < -0.4 is 5.32 Å². The maximum atomic E-state index is 3.46. The fraction of sp³-hybridized carbons (Fsp3) is 1.00. The predicted octanol–water partition coefficient (Wildman–Crippen LogP) is 2.42. The summed E-state index contributed by atoms with van der Waals surface area (Å²) in [5.74, 6) is 1.94. The Kier molecular flexibility index (Phi) is 3.92. The molecular formula is C10H21N. The smallest absolute Gasteiger partial charge is 0.00462 e. The topological polar surface area (TPSA) is 12.0 Å². The van der Waals surface area contributed by atoms with Gasteiger partial charge in [-0.3, -0.25) is 0 Å². The highest BCUT2D eigenvalue weighted by atomic mass is 14.8. The van der Waals surface area contributed by atoms with E-state index >= 15 is 0 Å². The standard InChI is InChI=1S/C10H21N/c1-3-9(2)10-5-4-7-11-8-6-10/h9-11H,3-8H2,1-2H3. The van der Waals surface area contributed by atoms with Crippen molar-refractivity contribution in [2.75, 3.05) is 13.1 Å². The molecule has 1 saturated heterocycles. The van der Waals surface area contributed by atoms with E-state index in [4.69, 9.17) is 0 Å². The minimum Gasteiger partial charge on any atom is -0.317 e. The molecule has 11 heavy (non-hydrogen) atoms. The van der Waals surface area contributed by atoms with Crippen LogP contribution in [-0.4, -0.2) is 13.1 Å².